The summed E-state index contributed by atoms with van der Waals surface area (Å²) in [4.78, 5) is 25.8. The van der Waals surface area contributed by atoms with Gasteiger partial charge >= 0.3 is 0 Å². The third-order valence-electron chi connectivity index (χ3n) is 5.29. The summed E-state index contributed by atoms with van der Waals surface area (Å²) in [6.45, 7) is 13.3. The van der Waals surface area contributed by atoms with Crippen molar-refractivity contribution < 1.29 is 4.79 Å². The van der Waals surface area contributed by atoms with Gasteiger partial charge in [0.1, 0.15) is 10.7 Å². The summed E-state index contributed by atoms with van der Waals surface area (Å²) in [5.41, 5.74) is 1.94. The number of thiophene rings is 1. The second-order valence-electron chi connectivity index (χ2n) is 7.37. The third kappa shape index (κ3) is 3.85. The second kappa shape index (κ2) is 7.38. The van der Waals surface area contributed by atoms with Crippen LogP contribution in [0.2, 0.25) is 0 Å². The van der Waals surface area contributed by atoms with E-state index in [0.29, 0.717) is 12.6 Å². The van der Waals surface area contributed by atoms with Crippen LogP contribution in [0.25, 0.3) is 10.2 Å². The molecule has 0 aliphatic carbocycles. The van der Waals surface area contributed by atoms with Crippen LogP contribution in [0.1, 0.15) is 53.4 Å². The van der Waals surface area contributed by atoms with Crippen LogP contribution in [0, 0.1) is 26.7 Å². The number of hydrogen-bond donors (Lipinski definition) is 1. The van der Waals surface area contributed by atoms with Gasteiger partial charge in [-0.2, -0.15) is 0 Å². The zero-order valence-electron chi connectivity index (χ0n) is 15.8. The Morgan fingerprint density at radius 1 is 1.28 bits per heavy atom. The molecule has 5 nitrogen and oxygen atoms in total. The number of aryl methyl sites for hydroxylation is 3. The van der Waals surface area contributed by atoms with Crippen LogP contribution in [0.3, 0.4) is 0 Å². The number of fused-ring (bicyclic) bond motifs is 1. The molecule has 1 N–H and O–H groups in total. The average molecular weight is 361 g/mol. The quantitative estimate of drug-likeness (QED) is 0.907. The fourth-order valence-corrected chi connectivity index (χ4v) is 4.80. The zero-order chi connectivity index (χ0) is 18.1. The highest BCUT2D eigenvalue weighted by Crippen LogP contribution is 2.31. The van der Waals surface area contributed by atoms with Crippen molar-refractivity contribution in [3.8, 4) is 0 Å². The number of piperidine rings is 1. The molecule has 3 heterocycles. The number of hydrogen-bond acceptors (Lipinski definition) is 5. The highest BCUT2D eigenvalue weighted by atomic mass is 32.1. The van der Waals surface area contributed by atoms with Crippen molar-refractivity contribution in [1.82, 2.24) is 20.2 Å². The first kappa shape index (κ1) is 18.3. The SMILES string of the molecule is Cc1nc(C)c2c(C)c(C(=O)NCC(C)N3CCC(C)CC3)sc2n1. The number of carbonyl (C=O) groups is 1. The first-order valence-electron chi connectivity index (χ1n) is 9.13. The number of carbonyl (C=O) groups excluding carboxylic acids is 1. The summed E-state index contributed by atoms with van der Waals surface area (Å²) in [6.07, 6.45) is 2.51. The molecule has 0 saturated carbocycles. The van der Waals surface area contributed by atoms with Crippen LogP contribution in [0.5, 0.6) is 0 Å². The van der Waals surface area contributed by atoms with Gasteiger partial charge in [-0.1, -0.05) is 6.92 Å². The van der Waals surface area contributed by atoms with Gasteiger partial charge < -0.3 is 5.32 Å². The van der Waals surface area contributed by atoms with E-state index in [1.54, 1.807) is 0 Å². The molecule has 1 amide bonds. The topological polar surface area (TPSA) is 58.1 Å². The normalized spacial score (nSPS) is 17.8. The molecule has 0 radical (unpaired) electrons. The summed E-state index contributed by atoms with van der Waals surface area (Å²) in [7, 11) is 0. The van der Waals surface area contributed by atoms with E-state index >= 15 is 0 Å². The molecule has 0 spiro atoms. The van der Waals surface area contributed by atoms with E-state index < -0.39 is 0 Å². The van der Waals surface area contributed by atoms with Crippen molar-refractivity contribution in [2.45, 2.75) is 53.5 Å². The molecule has 1 saturated heterocycles. The molecule has 1 aliphatic heterocycles. The fourth-order valence-electron chi connectivity index (χ4n) is 3.61. The Morgan fingerprint density at radius 3 is 2.64 bits per heavy atom. The number of nitrogens with zero attached hydrogens (tertiary/aromatic N) is 3. The molecule has 6 heteroatoms. The van der Waals surface area contributed by atoms with E-state index in [9.17, 15) is 4.79 Å². The van der Waals surface area contributed by atoms with Gasteiger partial charge in [-0.15, -0.1) is 11.3 Å². The van der Waals surface area contributed by atoms with Crippen LogP contribution in [0.4, 0.5) is 0 Å². The van der Waals surface area contributed by atoms with E-state index in [1.165, 1.54) is 24.2 Å². The van der Waals surface area contributed by atoms with Gasteiger partial charge in [0.25, 0.3) is 5.91 Å². The van der Waals surface area contributed by atoms with Gasteiger partial charge in [-0.3, -0.25) is 9.69 Å². The van der Waals surface area contributed by atoms with Crippen molar-refractivity contribution in [2.75, 3.05) is 19.6 Å². The maximum atomic E-state index is 12.7. The Labute approximate surface area is 153 Å². The molecule has 1 fully saturated rings. The van der Waals surface area contributed by atoms with Gasteiger partial charge in [0.05, 0.1) is 4.88 Å². The third-order valence-corrected chi connectivity index (χ3v) is 6.47. The number of nitrogens with one attached hydrogen (secondary N) is 1. The Morgan fingerprint density at radius 2 is 1.96 bits per heavy atom. The molecule has 2 aromatic rings. The molecule has 0 aromatic carbocycles. The molecule has 0 bridgehead atoms. The van der Waals surface area contributed by atoms with E-state index in [-0.39, 0.29) is 5.91 Å². The Balaban J connectivity index is 1.68. The highest BCUT2D eigenvalue weighted by Gasteiger charge is 2.22. The minimum Gasteiger partial charge on any atom is -0.350 e. The fraction of sp³-hybridized carbons (Fsp3) is 0.632. The monoisotopic (exact) mass is 360 g/mol. The first-order chi connectivity index (χ1) is 11.9. The number of aromatic nitrogens is 2. The minimum atomic E-state index is 0.00906. The van der Waals surface area contributed by atoms with Crippen LogP contribution >= 0.6 is 11.3 Å². The first-order valence-corrected chi connectivity index (χ1v) is 9.95. The minimum absolute atomic E-state index is 0.00906. The predicted octanol–water partition coefficient (Wildman–Crippen LogP) is 3.47. The molecule has 25 heavy (non-hydrogen) atoms. The van der Waals surface area contributed by atoms with Crippen molar-refractivity contribution in [3.05, 3.63) is 22.0 Å². The Kier molecular flexibility index (Phi) is 5.39. The van der Waals surface area contributed by atoms with Gasteiger partial charge in [0.15, 0.2) is 0 Å². The maximum absolute atomic E-state index is 12.7. The Bertz CT molecular complexity index is 777. The molecule has 3 rings (SSSR count). The van der Waals surface area contributed by atoms with Gasteiger partial charge in [-0.05, 0) is 65.1 Å². The lowest BCUT2D eigenvalue weighted by atomic mass is 9.98. The Hall–Kier alpha value is -1.53. The van der Waals surface area contributed by atoms with E-state index in [4.69, 9.17) is 0 Å². The summed E-state index contributed by atoms with van der Waals surface area (Å²) in [5.74, 6) is 1.59. The van der Waals surface area contributed by atoms with Crippen LogP contribution in [-0.2, 0) is 0 Å². The van der Waals surface area contributed by atoms with Crippen LogP contribution < -0.4 is 5.32 Å². The average Bonchev–Trinajstić information content (AvgIpc) is 2.89. The molecule has 1 atom stereocenters. The van der Waals surface area contributed by atoms with E-state index in [2.05, 4.69) is 34.0 Å². The summed E-state index contributed by atoms with van der Waals surface area (Å²) in [6, 6.07) is 0.370. The van der Waals surface area contributed by atoms with Gasteiger partial charge in [0.2, 0.25) is 0 Å². The maximum Gasteiger partial charge on any atom is 0.261 e. The number of amides is 1. The molecular formula is C19H28N4OS. The van der Waals surface area contributed by atoms with Crippen molar-refractivity contribution in [3.63, 3.8) is 0 Å². The summed E-state index contributed by atoms with van der Waals surface area (Å²) in [5, 5.41) is 4.15. The predicted molar refractivity (Wildman–Crippen MR) is 103 cm³/mol. The van der Waals surface area contributed by atoms with Crippen molar-refractivity contribution in [2.24, 2.45) is 5.92 Å². The second-order valence-corrected chi connectivity index (χ2v) is 8.37. The van der Waals surface area contributed by atoms with Crippen molar-refractivity contribution in [1.29, 1.82) is 0 Å². The van der Waals surface area contributed by atoms with E-state index in [0.717, 1.165) is 51.2 Å². The summed E-state index contributed by atoms with van der Waals surface area (Å²) >= 11 is 1.47. The molecule has 2 aromatic heterocycles. The smallest absolute Gasteiger partial charge is 0.261 e. The molecule has 1 unspecified atom stereocenters. The van der Waals surface area contributed by atoms with Crippen molar-refractivity contribution >= 4 is 27.5 Å². The number of likely N-dealkylation sites (tertiary alicyclic amines) is 1. The lowest BCUT2D eigenvalue weighted by Crippen LogP contribution is -2.45. The zero-order valence-corrected chi connectivity index (χ0v) is 16.7. The lowest BCUT2D eigenvalue weighted by molar-refractivity contribution is 0.0925. The largest absolute Gasteiger partial charge is 0.350 e. The van der Waals surface area contributed by atoms with Crippen LogP contribution in [0.15, 0.2) is 0 Å². The van der Waals surface area contributed by atoms with Gasteiger partial charge in [0, 0.05) is 23.7 Å². The molecule has 136 valence electrons. The highest BCUT2D eigenvalue weighted by molar-refractivity contribution is 7.20. The molecule has 1 aliphatic rings. The standard InChI is InChI=1S/C19H28N4OS/c1-11-6-8-23(9-7-11)12(2)10-20-18(24)17-13(3)16-14(4)21-15(5)22-19(16)25-17/h11-12H,6-10H2,1-5H3,(H,20,24). The number of rotatable bonds is 4. The molecular weight excluding hydrogens is 332 g/mol. The summed E-state index contributed by atoms with van der Waals surface area (Å²) < 4.78 is 0. The van der Waals surface area contributed by atoms with Gasteiger partial charge in [-0.25, -0.2) is 9.97 Å². The van der Waals surface area contributed by atoms with E-state index in [1.807, 2.05) is 20.8 Å². The lowest BCUT2D eigenvalue weighted by Gasteiger charge is -2.34. The van der Waals surface area contributed by atoms with Crippen LogP contribution in [-0.4, -0.2) is 46.5 Å².